The Labute approximate surface area is 342 Å². The topological polar surface area (TPSA) is 200 Å². The first-order valence-electron chi connectivity index (χ1n) is 20.3. The summed E-state index contributed by atoms with van der Waals surface area (Å²) in [6.07, 6.45) is 9.72. The molecule has 0 radical (unpaired) electrons. The summed E-state index contributed by atoms with van der Waals surface area (Å²) in [7, 11) is 2.58. The molecule has 7 rings (SSSR count). The van der Waals surface area contributed by atoms with Gasteiger partial charge in [0.05, 0.1) is 50.1 Å². The molecule has 3 aromatic heterocycles. The third kappa shape index (κ3) is 8.61. The summed E-state index contributed by atoms with van der Waals surface area (Å²) in [5.74, 6) is 1.49. The van der Waals surface area contributed by atoms with E-state index in [-0.39, 0.29) is 35.7 Å². The van der Waals surface area contributed by atoms with Gasteiger partial charge in [-0.2, -0.15) is 0 Å². The van der Waals surface area contributed by atoms with Crippen LogP contribution in [-0.4, -0.2) is 103 Å². The van der Waals surface area contributed by atoms with Gasteiger partial charge >= 0.3 is 12.2 Å². The molecule has 310 valence electrons. The molecule has 4 amide bonds. The highest BCUT2D eigenvalue weighted by molar-refractivity contribution is 5.90. The Kier molecular flexibility index (Phi) is 12.2. The van der Waals surface area contributed by atoms with Crippen molar-refractivity contribution in [2.45, 2.75) is 84.0 Å². The Bertz CT molecular complexity index is 2310. The minimum absolute atomic E-state index is 0.0619. The van der Waals surface area contributed by atoms with E-state index in [0.29, 0.717) is 24.7 Å². The molecule has 0 aliphatic carbocycles. The lowest BCUT2D eigenvalue weighted by Crippen LogP contribution is -2.51. The molecule has 0 bridgehead atoms. The molecule has 2 aliphatic heterocycles. The van der Waals surface area contributed by atoms with E-state index in [1.165, 1.54) is 14.2 Å². The van der Waals surface area contributed by atoms with E-state index in [0.717, 1.165) is 76.8 Å². The zero-order valence-electron chi connectivity index (χ0n) is 34.3. The van der Waals surface area contributed by atoms with Crippen LogP contribution < -0.4 is 10.6 Å². The number of nitrogens with zero attached hydrogens (tertiary/aromatic N) is 6. The molecule has 5 unspecified atom stereocenters. The molecule has 2 fully saturated rings. The van der Waals surface area contributed by atoms with E-state index in [1.54, 1.807) is 29.7 Å². The molecular weight excluding hydrogens is 753 g/mol. The van der Waals surface area contributed by atoms with Gasteiger partial charge in [-0.1, -0.05) is 58.4 Å². The molecule has 2 aliphatic rings. The first kappa shape index (κ1) is 40.9. The number of methoxy groups -OCH3 is 2. The van der Waals surface area contributed by atoms with E-state index in [4.69, 9.17) is 14.5 Å². The minimum atomic E-state index is -0.707. The normalized spacial score (nSPS) is 18.2. The molecule has 0 saturated carbocycles. The average Bonchev–Trinajstić information content (AvgIpc) is 4.10. The van der Waals surface area contributed by atoms with Crippen LogP contribution in [0, 0.1) is 11.8 Å². The number of aromatic amines is 2. The molecular formula is C43H52N10O6. The van der Waals surface area contributed by atoms with Crippen molar-refractivity contribution >= 4 is 34.8 Å². The molecule has 16 nitrogen and oxygen atoms in total. The first-order chi connectivity index (χ1) is 28.5. The number of hydrogen-bond donors (Lipinski definition) is 4. The Morgan fingerprint density at radius 3 is 1.71 bits per heavy atom. The van der Waals surface area contributed by atoms with Gasteiger partial charge in [-0.25, -0.2) is 29.5 Å². The van der Waals surface area contributed by atoms with Gasteiger partial charge in [0.25, 0.3) is 0 Å². The Morgan fingerprint density at radius 2 is 1.19 bits per heavy atom. The summed E-state index contributed by atoms with van der Waals surface area (Å²) in [4.78, 5) is 80.5. The molecule has 5 atom stereocenters. The SMILES string of the molecule is CCC(C)C(NC(=O)OC)C(=O)N1CCCC1c1ncc(-c2ccc3cc(-c4ncc(-c5cnc(C6CCCN6C(=O)C(NC(=O)OC)C(C)C)[nH]5)cn4)ccc3c2)[nH]1. The summed E-state index contributed by atoms with van der Waals surface area (Å²) >= 11 is 0. The monoisotopic (exact) mass is 804 g/mol. The zero-order chi connectivity index (χ0) is 41.8. The molecule has 4 N–H and O–H groups in total. The standard InChI is InChI=1S/C43H52N10O6/c1-7-25(4)36(51-43(57)59-6)41(55)53-17-9-11-34(53)38-46-22-31(48-38)28-14-12-27-19-29(15-13-26(27)18-28)37-44-20-30(21-45-37)32-23-47-39(49-32)33-10-8-16-52(33)40(54)35(24(2)3)50-42(56)58-5/h12-15,18-25,33-36H,7-11,16-17H2,1-6H3,(H,46,48)(H,47,49)(H,50,56)(H,51,57). The van der Waals surface area contributed by atoms with Crippen molar-refractivity contribution < 1.29 is 28.7 Å². The van der Waals surface area contributed by atoms with Gasteiger partial charge < -0.3 is 39.9 Å². The predicted octanol–water partition coefficient (Wildman–Crippen LogP) is 6.56. The molecule has 2 saturated heterocycles. The number of H-pyrrole nitrogens is 2. The lowest BCUT2D eigenvalue weighted by Gasteiger charge is -2.30. The zero-order valence-corrected chi connectivity index (χ0v) is 34.3. The Hall–Kier alpha value is -6.32. The van der Waals surface area contributed by atoms with Gasteiger partial charge in [0, 0.05) is 42.2 Å². The van der Waals surface area contributed by atoms with Gasteiger partial charge in [0.15, 0.2) is 5.82 Å². The number of rotatable bonds is 12. The quantitative estimate of drug-likeness (QED) is 0.107. The number of carbonyl (C=O) groups excluding carboxylic acids is 4. The smallest absolute Gasteiger partial charge is 0.407 e. The number of hydrogen-bond acceptors (Lipinski definition) is 10. The van der Waals surface area contributed by atoms with E-state index in [2.05, 4.69) is 53.8 Å². The number of alkyl carbamates (subject to hydrolysis) is 2. The van der Waals surface area contributed by atoms with Crippen molar-refractivity contribution in [3.8, 4) is 33.9 Å². The highest BCUT2D eigenvalue weighted by Gasteiger charge is 2.39. The fourth-order valence-corrected chi connectivity index (χ4v) is 8.03. The summed E-state index contributed by atoms with van der Waals surface area (Å²) in [6, 6.07) is 10.4. The van der Waals surface area contributed by atoms with Crippen LogP contribution in [0.5, 0.6) is 0 Å². The number of amides is 4. The molecule has 5 aromatic rings. The third-order valence-corrected chi connectivity index (χ3v) is 11.6. The summed E-state index contributed by atoms with van der Waals surface area (Å²) in [6.45, 7) is 8.89. The maximum atomic E-state index is 13.7. The number of fused-ring (bicyclic) bond motifs is 1. The summed E-state index contributed by atoms with van der Waals surface area (Å²) < 4.78 is 9.56. The highest BCUT2D eigenvalue weighted by atomic mass is 16.5. The second-order valence-corrected chi connectivity index (χ2v) is 15.7. The molecule has 2 aromatic carbocycles. The van der Waals surface area contributed by atoms with Crippen LogP contribution in [0.15, 0.2) is 61.2 Å². The number of carbonyl (C=O) groups is 4. The van der Waals surface area contributed by atoms with Crippen LogP contribution >= 0.6 is 0 Å². The molecule has 59 heavy (non-hydrogen) atoms. The molecule has 0 spiro atoms. The van der Waals surface area contributed by atoms with E-state index >= 15 is 0 Å². The van der Waals surface area contributed by atoms with Crippen molar-refractivity contribution in [3.05, 3.63) is 72.8 Å². The van der Waals surface area contributed by atoms with E-state index in [1.807, 2.05) is 50.8 Å². The summed E-state index contributed by atoms with van der Waals surface area (Å²) in [5.41, 5.74) is 4.19. The number of aromatic nitrogens is 6. The lowest BCUT2D eigenvalue weighted by atomic mass is 9.97. The van der Waals surface area contributed by atoms with Crippen molar-refractivity contribution in [3.63, 3.8) is 0 Å². The van der Waals surface area contributed by atoms with Gasteiger partial charge in [-0.15, -0.1) is 0 Å². The second kappa shape index (κ2) is 17.7. The number of likely N-dealkylation sites (tertiary alicyclic amines) is 2. The number of ether oxygens (including phenoxy) is 2. The fourth-order valence-electron chi connectivity index (χ4n) is 8.03. The molecule has 5 heterocycles. The van der Waals surface area contributed by atoms with Crippen molar-refractivity contribution in [2.24, 2.45) is 11.8 Å². The van der Waals surface area contributed by atoms with Crippen LogP contribution in [-0.2, 0) is 19.1 Å². The van der Waals surface area contributed by atoms with Gasteiger partial charge in [-0.05, 0) is 60.4 Å². The fraction of sp³-hybridized carbons (Fsp3) is 0.442. The van der Waals surface area contributed by atoms with Crippen LogP contribution in [0.1, 0.15) is 83.5 Å². The predicted molar refractivity (Wildman–Crippen MR) is 220 cm³/mol. The maximum Gasteiger partial charge on any atom is 0.407 e. The average molecular weight is 805 g/mol. The Balaban J connectivity index is 1.03. The highest BCUT2D eigenvalue weighted by Crippen LogP contribution is 2.35. The Morgan fingerprint density at radius 1 is 0.695 bits per heavy atom. The van der Waals surface area contributed by atoms with Crippen molar-refractivity contribution in [1.82, 2.24) is 50.3 Å². The molecule has 16 heteroatoms. The largest absolute Gasteiger partial charge is 0.453 e. The minimum Gasteiger partial charge on any atom is -0.453 e. The number of benzene rings is 2. The second-order valence-electron chi connectivity index (χ2n) is 15.7. The van der Waals surface area contributed by atoms with E-state index < -0.39 is 24.3 Å². The van der Waals surface area contributed by atoms with E-state index in [9.17, 15) is 19.2 Å². The number of imidazole rings is 2. The van der Waals surface area contributed by atoms with Crippen LogP contribution in [0.4, 0.5) is 9.59 Å². The van der Waals surface area contributed by atoms with Crippen molar-refractivity contribution in [1.29, 1.82) is 0 Å². The van der Waals surface area contributed by atoms with Gasteiger partial charge in [0.2, 0.25) is 11.8 Å². The van der Waals surface area contributed by atoms with Gasteiger partial charge in [0.1, 0.15) is 23.7 Å². The van der Waals surface area contributed by atoms with Crippen LogP contribution in [0.25, 0.3) is 44.7 Å². The summed E-state index contributed by atoms with van der Waals surface area (Å²) in [5, 5.41) is 7.49. The van der Waals surface area contributed by atoms with Crippen LogP contribution in [0.2, 0.25) is 0 Å². The van der Waals surface area contributed by atoms with Crippen molar-refractivity contribution in [2.75, 3.05) is 27.3 Å². The third-order valence-electron chi connectivity index (χ3n) is 11.6. The first-order valence-corrected chi connectivity index (χ1v) is 20.3. The lowest BCUT2D eigenvalue weighted by molar-refractivity contribution is -0.136. The number of nitrogens with one attached hydrogen (secondary N) is 4. The van der Waals surface area contributed by atoms with Gasteiger partial charge in [-0.3, -0.25) is 9.59 Å². The van der Waals surface area contributed by atoms with Crippen LogP contribution in [0.3, 0.4) is 0 Å². The maximum absolute atomic E-state index is 13.7.